The van der Waals surface area contributed by atoms with Gasteiger partial charge in [0.25, 0.3) is 0 Å². The highest BCUT2D eigenvalue weighted by atomic mass is 32.2. The number of carboxylic acid groups (broad SMARTS) is 1. The maximum absolute atomic E-state index is 10.9. The van der Waals surface area contributed by atoms with Crippen molar-refractivity contribution in [2.75, 3.05) is 5.32 Å². The Hall–Kier alpha value is -2.08. The lowest BCUT2D eigenvalue weighted by atomic mass is 10.3. The zero-order valence-corrected chi connectivity index (χ0v) is 10.0. The van der Waals surface area contributed by atoms with Gasteiger partial charge in [-0.2, -0.15) is 0 Å². The maximum atomic E-state index is 10.9. The summed E-state index contributed by atoms with van der Waals surface area (Å²) >= 11 is 1.58. The van der Waals surface area contributed by atoms with Crippen LogP contribution in [0.1, 0.15) is 21.7 Å². The van der Waals surface area contributed by atoms with Crippen LogP contribution < -0.4 is 5.32 Å². The van der Waals surface area contributed by atoms with Crippen molar-refractivity contribution in [2.24, 2.45) is 0 Å². The molecule has 0 bridgehead atoms. The predicted molar refractivity (Wildman–Crippen MR) is 67.7 cm³/mol. The fourth-order valence-electron chi connectivity index (χ4n) is 1.72. The van der Waals surface area contributed by atoms with Gasteiger partial charge in [0.1, 0.15) is 5.37 Å². The lowest BCUT2D eigenvalue weighted by molar-refractivity contribution is 0.0690. The van der Waals surface area contributed by atoms with E-state index < -0.39 is 5.97 Å². The highest BCUT2D eigenvalue weighted by Crippen LogP contribution is 2.44. The van der Waals surface area contributed by atoms with Crippen LogP contribution in [0.5, 0.6) is 0 Å². The lowest BCUT2D eigenvalue weighted by Crippen LogP contribution is -2.10. The molecule has 0 aliphatic carbocycles. The van der Waals surface area contributed by atoms with E-state index in [0.29, 0.717) is 5.82 Å². The molecule has 1 aliphatic rings. The number of thioether (sulfide) groups is 1. The van der Waals surface area contributed by atoms with Gasteiger partial charge in [0.05, 0.1) is 0 Å². The van der Waals surface area contributed by atoms with Crippen molar-refractivity contribution in [1.29, 1.82) is 0 Å². The highest BCUT2D eigenvalue weighted by Gasteiger charge is 2.25. The number of carboxylic acids is 1. The fourth-order valence-corrected chi connectivity index (χ4v) is 2.79. The molecule has 1 aliphatic heterocycles. The average Bonchev–Trinajstić information content (AvgIpc) is 2.82. The number of anilines is 1. The zero-order chi connectivity index (χ0) is 12.5. The van der Waals surface area contributed by atoms with Gasteiger partial charge in [0, 0.05) is 16.8 Å². The number of hydrogen-bond acceptors (Lipinski definition) is 5. The van der Waals surface area contributed by atoms with E-state index in [1.165, 1.54) is 12.3 Å². The van der Waals surface area contributed by atoms with Crippen molar-refractivity contribution in [3.05, 3.63) is 48.0 Å². The van der Waals surface area contributed by atoms with E-state index in [4.69, 9.17) is 5.11 Å². The van der Waals surface area contributed by atoms with Gasteiger partial charge < -0.3 is 10.4 Å². The van der Waals surface area contributed by atoms with Gasteiger partial charge in [-0.05, 0) is 18.2 Å². The van der Waals surface area contributed by atoms with E-state index in [0.717, 1.165) is 10.6 Å². The van der Waals surface area contributed by atoms with Crippen LogP contribution in [0.4, 0.5) is 5.69 Å². The molecule has 2 N–H and O–H groups in total. The molecule has 0 amide bonds. The fraction of sp³-hybridized carbons (Fsp3) is 0.0833. The third-order valence-electron chi connectivity index (χ3n) is 2.55. The van der Waals surface area contributed by atoms with Crippen LogP contribution in [0.2, 0.25) is 0 Å². The van der Waals surface area contributed by atoms with Crippen LogP contribution in [-0.4, -0.2) is 21.0 Å². The summed E-state index contributed by atoms with van der Waals surface area (Å²) in [4.78, 5) is 20.2. The first kappa shape index (κ1) is 11.0. The molecule has 1 aromatic heterocycles. The Morgan fingerprint density at radius 1 is 1.33 bits per heavy atom. The molecule has 1 aromatic carbocycles. The molecule has 5 nitrogen and oxygen atoms in total. The number of aromatic nitrogens is 2. The van der Waals surface area contributed by atoms with Crippen molar-refractivity contribution >= 4 is 23.4 Å². The first-order valence-corrected chi connectivity index (χ1v) is 6.20. The van der Waals surface area contributed by atoms with Crippen LogP contribution >= 0.6 is 11.8 Å². The van der Waals surface area contributed by atoms with Gasteiger partial charge in [-0.15, -0.1) is 0 Å². The number of hydrogen-bond donors (Lipinski definition) is 2. The lowest BCUT2D eigenvalue weighted by Gasteiger charge is -2.08. The number of fused-ring (bicyclic) bond motifs is 1. The average molecular weight is 259 g/mol. The molecule has 6 heteroatoms. The maximum Gasteiger partial charge on any atom is 0.354 e. The first-order chi connectivity index (χ1) is 8.74. The molecule has 1 unspecified atom stereocenters. The molecule has 0 saturated heterocycles. The van der Waals surface area contributed by atoms with Crippen LogP contribution in [0.3, 0.4) is 0 Å². The van der Waals surface area contributed by atoms with E-state index in [9.17, 15) is 4.79 Å². The summed E-state index contributed by atoms with van der Waals surface area (Å²) in [6, 6.07) is 9.28. The minimum atomic E-state index is -1.04. The normalized spacial score (nSPS) is 17.0. The number of benzene rings is 1. The third kappa shape index (κ3) is 1.91. The van der Waals surface area contributed by atoms with Gasteiger partial charge in [-0.3, -0.25) is 0 Å². The van der Waals surface area contributed by atoms with Crippen LogP contribution in [0, 0.1) is 0 Å². The number of nitrogens with zero attached hydrogens (tertiary/aromatic N) is 2. The monoisotopic (exact) mass is 259 g/mol. The number of rotatable bonds is 2. The summed E-state index contributed by atoms with van der Waals surface area (Å²) in [6.07, 6.45) is 1.47. The van der Waals surface area contributed by atoms with E-state index in [1.54, 1.807) is 11.8 Å². The van der Waals surface area contributed by atoms with Crippen molar-refractivity contribution in [2.45, 2.75) is 10.3 Å². The SMILES string of the molecule is O=C(O)c1ccnc(C2Nc3ccccc3S2)n1. The summed E-state index contributed by atoms with van der Waals surface area (Å²) in [5.41, 5.74) is 1.04. The zero-order valence-electron chi connectivity index (χ0n) is 9.20. The van der Waals surface area contributed by atoms with E-state index >= 15 is 0 Å². The van der Waals surface area contributed by atoms with Gasteiger partial charge >= 0.3 is 5.97 Å². The van der Waals surface area contributed by atoms with Crippen LogP contribution in [0.25, 0.3) is 0 Å². The van der Waals surface area contributed by atoms with E-state index in [2.05, 4.69) is 15.3 Å². The van der Waals surface area contributed by atoms with Crippen LogP contribution in [-0.2, 0) is 0 Å². The minimum Gasteiger partial charge on any atom is -0.477 e. The summed E-state index contributed by atoms with van der Waals surface area (Å²) in [5.74, 6) is -0.560. The predicted octanol–water partition coefficient (Wildman–Crippen LogP) is 2.39. The first-order valence-electron chi connectivity index (χ1n) is 5.32. The molecule has 90 valence electrons. The summed E-state index contributed by atoms with van der Waals surface area (Å²) in [7, 11) is 0. The topological polar surface area (TPSA) is 75.1 Å². The Kier molecular flexibility index (Phi) is 2.64. The molecule has 2 heterocycles. The summed E-state index contributed by atoms with van der Waals surface area (Å²) in [5, 5.41) is 12.0. The minimum absolute atomic E-state index is 0.0124. The number of para-hydroxylation sites is 1. The number of carbonyl (C=O) groups is 1. The van der Waals surface area contributed by atoms with Crippen molar-refractivity contribution < 1.29 is 9.90 Å². The molecule has 0 spiro atoms. The van der Waals surface area contributed by atoms with Crippen molar-refractivity contribution in [3.63, 3.8) is 0 Å². The van der Waals surface area contributed by atoms with Crippen molar-refractivity contribution in [1.82, 2.24) is 9.97 Å². The number of nitrogens with one attached hydrogen (secondary N) is 1. The molecular weight excluding hydrogens is 250 g/mol. The molecule has 18 heavy (non-hydrogen) atoms. The molecule has 0 radical (unpaired) electrons. The molecule has 3 rings (SSSR count). The number of aromatic carboxylic acids is 1. The molecule has 0 fully saturated rings. The van der Waals surface area contributed by atoms with Gasteiger partial charge in [0.2, 0.25) is 0 Å². The summed E-state index contributed by atoms with van der Waals surface area (Å²) < 4.78 is 0. The largest absolute Gasteiger partial charge is 0.477 e. The van der Waals surface area contributed by atoms with Gasteiger partial charge in [0.15, 0.2) is 11.5 Å². The highest BCUT2D eigenvalue weighted by molar-refractivity contribution is 8.00. The Morgan fingerprint density at radius 3 is 2.94 bits per heavy atom. The Bertz CT molecular complexity index is 593. The molecule has 0 saturated carbocycles. The molecular formula is C12H9N3O2S. The Balaban J connectivity index is 1.90. The second-order valence-electron chi connectivity index (χ2n) is 3.74. The van der Waals surface area contributed by atoms with E-state index in [1.807, 2.05) is 24.3 Å². The molecule has 1 atom stereocenters. The smallest absolute Gasteiger partial charge is 0.354 e. The third-order valence-corrected chi connectivity index (χ3v) is 3.72. The van der Waals surface area contributed by atoms with Gasteiger partial charge in [-0.1, -0.05) is 23.9 Å². The second-order valence-corrected chi connectivity index (χ2v) is 4.89. The molecule has 2 aromatic rings. The van der Waals surface area contributed by atoms with Crippen LogP contribution in [0.15, 0.2) is 41.4 Å². The Labute approximate surface area is 107 Å². The second kappa shape index (κ2) is 4.30. The van der Waals surface area contributed by atoms with Gasteiger partial charge in [-0.25, -0.2) is 14.8 Å². The van der Waals surface area contributed by atoms with Crippen molar-refractivity contribution in [3.8, 4) is 0 Å². The Morgan fingerprint density at radius 2 is 2.17 bits per heavy atom. The summed E-state index contributed by atoms with van der Waals surface area (Å²) in [6.45, 7) is 0. The standard InChI is InChI=1S/C12H9N3O2S/c16-12(17)8-5-6-13-10(14-8)11-15-7-3-1-2-4-9(7)18-11/h1-6,11,15H,(H,16,17). The van der Waals surface area contributed by atoms with E-state index in [-0.39, 0.29) is 11.1 Å². The quantitative estimate of drug-likeness (QED) is 0.862.